The second-order valence-electron chi connectivity index (χ2n) is 7.38. The quantitative estimate of drug-likeness (QED) is 0.594. The Bertz CT molecular complexity index is 1070. The van der Waals surface area contributed by atoms with E-state index in [4.69, 9.17) is 16.3 Å². The monoisotopic (exact) mass is 481 g/mol. The second-order valence-corrected chi connectivity index (χ2v) is 9.73. The first-order valence-corrected chi connectivity index (χ1v) is 12.1. The Hall–Kier alpha value is -2.78. The number of anilines is 1. The van der Waals surface area contributed by atoms with Gasteiger partial charge < -0.3 is 15.0 Å². The fraction of sp³-hybridized carbons (Fsp3) is 0.364. The highest BCUT2D eigenvalue weighted by atomic mass is 35.5. The number of aryl methyl sites for hydroxylation is 1. The molecular formula is C22H28ClN3O5S. The first kappa shape index (κ1) is 25.5. The minimum absolute atomic E-state index is 0.104. The molecular weight excluding hydrogens is 454 g/mol. The van der Waals surface area contributed by atoms with E-state index >= 15 is 0 Å². The molecule has 0 aliphatic heterocycles. The van der Waals surface area contributed by atoms with Crippen LogP contribution in [-0.2, 0) is 26.2 Å². The van der Waals surface area contributed by atoms with Gasteiger partial charge in [-0.05, 0) is 49.2 Å². The smallest absolute Gasteiger partial charge is 0.244 e. The third-order valence-electron chi connectivity index (χ3n) is 4.96. The zero-order valence-electron chi connectivity index (χ0n) is 18.8. The fourth-order valence-electron chi connectivity index (χ4n) is 3.17. The molecule has 10 heteroatoms. The molecule has 8 nitrogen and oxygen atoms in total. The van der Waals surface area contributed by atoms with E-state index in [0.717, 1.165) is 21.7 Å². The van der Waals surface area contributed by atoms with Crippen LogP contribution in [0.5, 0.6) is 5.75 Å². The molecule has 0 heterocycles. The Kier molecular flexibility index (Phi) is 8.51. The van der Waals surface area contributed by atoms with Crippen LogP contribution in [0.25, 0.3) is 0 Å². The predicted molar refractivity (Wildman–Crippen MR) is 125 cm³/mol. The molecule has 0 spiro atoms. The Balaban J connectivity index is 2.44. The van der Waals surface area contributed by atoms with E-state index in [1.165, 1.54) is 19.1 Å². The number of rotatable bonds is 9. The van der Waals surface area contributed by atoms with Gasteiger partial charge in [-0.1, -0.05) is 29.8 Å². The van der Waals surface area contributed by atoms with E-state index in [1.807, 2.05) is 6.92 Å². The van der Waals surface area contributed by atoms with E-state index in [-0.39, 0.29) is 18.1 Å². The van der Waals surface area contributed by atoms with Gasteiger partial charge in [0.05, 0.1) is 19.1 Å². The van der Waals surface area contributed by atoms with E-state index < -0.39 is 28.5 Å². The van der Waals surface area contributed by atoms with Gasteiger partial charge in [-0.2, -0.15) is 0 Å². The molecule has 32 heavy (non-hydrogen) atoms. The van der Waals surface area contributed by atoms with Crippen molar-refractivity contribution in [3.05, 3.63) is 58.6 Å². The maximum absolute atomic E-state index is 13.4. The number of nitrogens with zero attached hydrogens (tertiary/aromatic N) is 2. The van der Waals surface area contributed by atoms with Gasteiger partial charge in [-0.3, -0.25) is 13.9 Å². The molecule has 1 atom stereocenters. The summed E-state index contributed by atoms with van der Waals surface area (Å²) in [6.45, 7) is 3.01. The molecule has 174 valence electrons. The van der Waals surface area contributed by atoms with Crippen LogP contribution < -0.4 is 14.4 Å². The lowest BCUT2D eigenvalue weighted by Gasteiger charge is -2.31. The zero-order chi connectivity index (χ0) is 24.1. The average molecular weight is 482 g/mol. The Morgan fingerprint density at radius 2 is 1.78 bits per heavy atom. The van der Waals surface area contributed by atoms with Crippen molar-refractivity contribution >= 4 is 39.1 Å². The Labute approximate surface area is 194 Å². The molecule has 0 bridgehead atoms. The van der Waals surface area contributed by atoms with Gasteiger partial charge in [0.2, 0.25) is 21.8 Å². The van der Waals surface area contributed by atoms with Crippen LogP contribution in [0, 0.1) is 6.92 Å². The summed E-state index contributed by atoms with van der Waals surface area (Å²) in [6, 6.07) is 11.1. The minimum atomic E-state index is -3.84. The van der Waals surface area contributed by atoms with Crippen LogP contribution in [0.3, 0.4) is 0 Å². The summed E-state index contributed by atoms with van der Waals surface area (Å²) >= 11 is 5.94. The van der Waals surface area contributed by atoms with Gasteiger partial charge >= 0.3 is 0 Å². The summed E-state index contributed by atoms with van der Waals surface area (Å²) in [7, 11) is -0.934. The van der Waals surface area contributed by atoms with E-state index in [9.17, 15) is 18.0 Å². The average Bonchev–Trinajstić information content (AvgIpc) is 2.75. The van der Waals surface area contributed by atoms with Gasteiger partial charge in [-0.25, -0.2) is 8.42 Å². The molecule has 0 unspecified atom stereocenters. The molecule has 0 aromatic heterocycles. The minimum Gasteiger partial charge on any atom is -0.495 e. The van der Waals surface area contributed by atoms with Gasteiger partial charge in [0.25, 0.3) is 0 Å². The third-order valence-corrected chi connectivity index (χ3v) is 6.34. The number of carbonyl (C=O) groups excluding carboxylic acids is 2. The van der Waals surface area contributed by atoms with Crippen LogP contribution in [-0.4, -0.2) is 58.1 Å². The molecule has 1 N–H and O–H groups in total. The van der Waals surface area contributed by atoms with Gasteiger partial charge in [0, 0.05) is 18.6 Å². The first-order chi connectivity index (χ1) is 15.0. The van der Waals surface area contributed by atoms with Crippen molar-refractivity contribution in [3.63, 3.8) is 0 Å². The van der Waals surface area contributed by atoms with Gasteiger partial charge in [-0.15, -0.1) is 0 Å². The Morgan fingerprint density at radius 1 is 1.16 bits per heavy atom. The zero-order valence-corrected chi connectivity index (χ0v) is 20.3. The lowest BCUT2D eigenvalue weighted by molar-refractivity contribution is -0.139. The largest absolute Gasteiger partial charge is 0.495 e. The van der Waals surface area contributed by atoms with Gasteiger partial charge in [0.15, 0.2) is 0 Å². The summed E-state index contributed by atoms with van der Waals surface area (Å²) in [5.41, 5.74) is 1.80. The van der Waals surface area contributed by atoms with Crippen molar-refractivity contribution in [2.75, 3.05) is 31.3 Å². The van der Waals surface area contributed by atoms with Crippen molar-refractivity contribution in [1.82, 2.24) is 10.2 Å². The molecule has 0 aliphatic rings. The highest BCUT2D eigenvalue weighted by Crippen LogP contribution is 2.31. The molecule has 0 radical (unpaired) electrons. The van der Waals surface area contributed by atoms with Crippen LogP contribution in [0.1, 0.15) is 18.1 Å². The van der Waals surface area contributed by atoms with Crippen molar-refractivity contribution in [3.8, 4) is 5.75 Å². The third kappa shape index (κ3) is 6.37. The van der Waals surface area contributed by atoms with E-state index in [2.05, 4.69) is 5.32 Å². The van der Waals surface area contributed by atoms with Crippen LogP contribution in [0.15, 0.2) is 42.5 Å². The number of benzene rings is 2. The van der Waals surface area contributed by atoms with Crippen molar-refractivity contribution in [2.24, 2.45) is 0 Å². The number of halogens is 1. The highest BCUT2D eigenvalue weighted by molar-refractivity contribution is 7.92. The van der Waals surface area contributed by atoms with Crippen molar-refractivity contribution in [1.29, 1.82) is 0 Å². The van der Waals surface area contributed by atoms with E-state index in [1.54, 1.807) is 49.4 Å². The fourth-order valence-corrected chi connectivity index (χ4v) is 4.14. The lowest BCUT2D eigenvalue weighted by Crippen LogP contribution is -2.50. The summed E-state index contributed by atoms with van der Waals surface area (Å²) in [5, 5.41) is 3.07. The molecule has 2 rings (SSSR count). The van der Waals surface area contributed by atoms with Crippen molar-refractivity contribution < 1.29 is 22.7 Å². The number of hydrogen-bond acceptors (Lipinski definition) is 5. The standard InChI is InChI=1S/C22H28ClN3O5S/c1-15-6-11-20(31-4)19(12-15)26(32(5,29)30)14-21(27)25(16(2)22(28)24-3)13-17-7-9-18(23)10-8-17/h6-12,16H,13-14H2,1-5H3,(H,24,28)/t16-/m1/s1. The van der Waals surface area contributed by atoms with Crippen LogP contribution in [0.4, 0.5) is 5.69 Å². The molecule has 2 aromatic rings. The predicted octanol–water partition coefficient (Wildman–Crippen LogP) is 2.59. The number of hydrogen-bond donors (Lipinski definition) is 1. The molecule has 0 saturated heterocycles. The number of ether oxygens (including phenoxy) is 1. The molecule has 0 fully saturated rings. The van der Waals surface area contributed by atoms with Gasteiger partial charge in [0.1, 0.15) is 18.3 Å². The van der Waals surface area contributed by atoms with E-state index in [0.29, 0.717) is 10.8 Å². The first-order valence-electron chi connectivity index (χ1n) is 9.85. The highest BCUT2D eigenvalue weighted by Gasteiger charge is 2.30. The molecule has 0 saturated carbocycles. The second kappa shape index (κ2) is 10.7. The van der Waals surface area contributed by atoms with Crippen LogP contribution >= 0.6 is 11.6 Å². The molecule has 2 aromatic carbocycles. The molecule has 0 aliphatic carbocycles. The maximum Gasteiger partial charge on any atom is 0.244 e. The number of carbonyl (C=O) groups is 2. The summed E-state index contributed by atoms with van der Waals surface area (Å²) < 4.78 is 31.6. The lowest BCUT2D eigenvalue weighted by atomic mass is 10.1. The summed E-state index contributed by atoms with van der Waals surface area (Å²) in [6.07, 6.45) is 1.02. The number of sulfonamides is 1. The number of nitrogens with one attached hydrogen (secondary N) is 1. The summed E-state index contributed by atoms with van der Waals surface area (Å²) in [5.74, 6) is -0.589. The number of amides is 2. The maximum atomic E-state index is 13.4. The molecule has 2 amide bonds. The number of likely N-dealkylation sites (N-methyl/N-ethyl adjacent to an activating group) is 1. The number of methoxy groups -OCH3 is 1. The van der Waals surface area contributed by atoms with Crippen LogP contribution in [0.2, 0.25) is 5.02 Å². The normalized spacial score (nSPS) is 12.1. The topological polar surface area (TPSA) is 96.0 Å². The Morgan fingerprint density at radius 3 is 2.31 bits per heavy atom. The van der Waals surface area contributed by atoms with Crippen molar-refractivity contribution in [2.45, 2.75) is 26.4 Å². The summed E-state index contributed by atoms with van der Waals surface area (Å²) in [4.78, 5) is 27.0. The SMILES string of the molecule is CNC(=O)[C@@H](C)N(Cc1ccc(Cl)cc1)C(=O)CN(c1cc(C)ccc1OC)S(C)(=O)=O.